The summed E-state index contributed by atoms with van der Waals surface area (Å²) in [6.45, 7) is 4.11. The van der Waals surface area contributed by atoms with Crippen LogP contribution in [-0.4, -0.2) is 99.8 Å². The highest BCUT2D eigenvalue weighted by molar-refractivity contribution is 6.25. The number of phenols is 1. The van der Waals surface area contributed by atoms with E-state index in [4.69, 9.17) is 17.2 Å². The molecule has 11 N–H and O–H groups in total. The number of likely N-dealkylation sites (N-methyl/N-ethyl adjacent to an activating group) is 1. The van der Waals surface area contributed by atoms with Crippen LogP contribution in [-0.2, 0) is 27.3 Å². The summed E-state index contributed by atoms with van der Waals surface area (Å²) in [6.07, 6.45) is -0.570. The van der Waals surface area contributed by atoms with Crippen LogP contribution in [0, 0.1) is 0 Å². The predicted octanol–water partition coefficient (Wildman–Crippen LogP) is -1.31. The number of primary amides is 1. The van der Waals surface area contributed by atoms with Gasteiger partial charge in [0, 0.05) is 37.9 Å². The first-order chi connectivity index (χ1) is 18.3. The van der Waals surface area contributed by atoms with Crippen LogP contribution in [0.25, 0.3) is 5.76 Å². The third-order valence-corrected chi connectivity index (χ3v) is 8.27. The molecule has 0 spiro atoms. The summed E-state index contributed by atoms with van der Waals surface area (Å²) in [5.74, 6) is -5.89. The van der Waals surface area contributed by atoms with Crippen molar-refractivity contribution in [3.63, 3.8) is 0 Å². The first-order valence-electron chi connectivity index (χ1n) is 12.9. The van der Waals surface area contributed by atoms with Gasteiger partial charge in [0.1, 0.15) is 17.1 Å². The van der Waals surface area contributed by atoms with Crippen LogP contribution >= 0.6 is 0 Å². The van der Waals surface area contributed by atoms with Crippen molar-refractivity contribution in [2.75, 3.05) is 33.1 Å². The molecule has 0 aliphatic heterocycles. The fourth-order valence-corrected chi connectivity index (χ4v) is 6.55. The van der Waals surface area contributed by atoms with Gasteiger partial charge < -0.3 is 47.8 Å². The number of amides is 1. The molecule has 1 unspecified atom stereocenters. The van der Waals surface area contributed by atoms with Gasteiger partial charge >= 0.3 is 0 Å². The van der Waals surface area contributed by atoms with E-state index in [2.05, 4.69) is 5.32 Å². The SMILES string of the molecule is CC(C)NCc1cc(N(C)C)c2c(c1O)C(O)=C1C(=O)[C@]3(O)C(O)=C(C(N)=O)C(=O)C(N(C)C)[C@]3(N)C[C@]1(N)C2. The van der Waals surface area contributed by atoms with Gasteiger partial charge in [-0.25, -0.2) is 0 Å². The fraction of sp³-hybridized carbons (Fsp3) is 0.519. The molecule has 1 fully saturated rings. The lowest BCUT2D eigenvalue weighted by Crippen LogP contribution is -2.83. The minimum atomic E-state index is -3.04. The Bertz CT molecular complexity index is 1400. The smallest absolute Gasteiger partial charge is 0.255 e. The van der Waals surface area contributed by atoms with Gasteiger partial charge in [-0.3, -0.25) is 19.3 Å². The third-order valence-electron chi connectivity index (χ3n) is 8.27. The van der Waals surface area contributed by atoms with Crippen LogP contribution in [0.3, 0.4) is 0 Å². The number of hydrogen-bond donors (Lipinski definition) is 8. The number of hydrogen-bond acceptors (Lipinski definition) is 12. The summed E-state index contributed by atoms with van der Waals surface area (Å²) < 4.78 is 0. The average molecular weight is 559 g/mol. The van der Waals surface area contributed by atoms with Gasteiger partial charge in [-0.05, 0) is 38.6 Å². The number of aromatic hydroxyl groups is 1. The van der Waals surface area contributed by atoms with Crippen LogP contribution in [0.5, 0.6) is 5.75 Å². The molecule has 1 amide bonds. The Morgan fingerprint density at radius 1 is 1.15 bits per heavy atom. The first-order valence-corrected chi connectivity index (χ1v) is 12.9. The molecule has 0 aromatic heterocycles. The van der Waals surface area contributed by atoms with Crippen LogP contribution in [0.15, 0.2) is 23.0 Å². The van der Waals surface area contributed by atoms with Gasteiger partial charge in [-0.15, -0.1) is 0 Å². The van der Waals surface area contributed by atoms with Crippen LogP contribution in [0.1, 0.15) is 37.0 Å². The van der Waals surface area contributed by atoms with Gasteiger partial charge in [-0.2, -0.15) is 0 Å². The number of rotatable bonds is 6. The second kappa shape index (κ2) is 9.28. The summed E-state index contributed by atoms with van der Waals surface area (Å²) in [7, 11) is 6.47. The fourth-order valence-electron chi connectivity index (χ4n) is 6.55. The van der Waals surface area contributed by atoms with E-state index in [9.17, 15) is 34.8 Å². The summed E-state index contributed by atoms with van der Waals surface area (Å²) in [6, 6.07) is 0.350. The maximum atomic E-state index is 14.2. The molecule has 1 aromatic carbocycles. The summed E-state index contributed by atoms with van der Waals surface area (Å²) in [5, 5.41) is 49.1. The number of ketones is 2. The number of aliphatic hydroxyl groups excluding tert-OH is 2. The molecule has 3 aliphatic carbocycles. The molecule has 1 aromatic rings. The molecule has 0 saturated heterocycles. The van der Waals surface area contributed by atoms with Crippen molar-refractivity contribution in [3.05, 3.63) is 39.7 Å². The van der Waals surface area contributed by atoms with Crippen molar-refractivity contribution in [1.29, 1.82) is 0 Å². The molecule has 0 bridgehead atoms. The van der Waals surface area contributed by atoms with Crippen LogP contribution in [0.4, 0.5) is 5.69 Å². The van der Waals surface area contributed by atoms with E-state index in [0.717, 1.165) is 0 Å². The number of aliphatic hydroxyl groups is 3. The number of nitrogens with zero attached hydrogens (tertiary/aromatic N) is 2. The monoisotopic (exact) mass is 558 g/mol. The lowest BCUT2D eigenvalue weighted by atomic mass is 9.51. The van der Waals surface area contributed by atoms with Gasteiger partial charge in [0.2, 0.25) is 11.4 Å². The number of anilines is 1. The molecule has 218 valence electrons. The highest BCUT2D eigenvalue weighted by atomic mass is 16.4. The molecule has 4 rings (SSSR count). The highest BCUT2D eigenvalue weighted by Gasteiger charge is 2.73. The second-order valence-electron chi connectivity index (χ2n) is 11.8. The molecule has 4 atom stereocenters. The Hall–Kier alpha value is -3.49. The standard InChI is InChI=1S/C27H38N6O7/c1-11(2)31-9-12-7-14(32(3)4)13-8-25(29)10-26(30)21(33(5)6)20(36)16(24(28)39)22(37)27(26,40)23(38)17(25)19(35)15(13)18(12)34/h7,11,21,31,34-35,37,40H,8-10,29-30H2,1-6H3,(H2,28,39)/t21?,25-,26-,27-/m1/s1. The highest BCUT2D eigenvalue weighted by Crippen LogP contribution is 2.55. The normalized spacial score (nSPS) is 30.0. The first kappa shape index (κ1) is 29.5. The van der Waals surface area contributed by atoms with Crippen molar-refractivity contribution >= 4 is 28.9 Å². The maximum Gasteiger partial charge on any atom is 0.255 e. The van der Waals surface area contributed by atoms with Gasteiger partial charge in [0.25, 0.3) is 5.91 Å². The number of carbonyl (C=O) groups excluding carboxylic acids is 3. The molecular weight excluding hydrogens is 520 g/mol. The Kier molecular flexibility index (Phi) is 6.84. The number of Topliss-reactive ketones (excluding diaryl/α,β-unsaturated/α-hetero) is 2. The van der Waals surface area contributed by atoms with E-state index in [1.807, 2.05) is 13.8 Å². The Morgan fingerprint density at radius 2 is 1.75 bits per heavy atom. The number of benzene rings is 1. The van der Waals surface area contributed by atoms with Crippen LogP contribution < -0.4 is 27.4 Å². The molecular formula is C27H38N6O7. The topological polar surface area (TPSA) is 229 Å². The largest absolute Gasteiger partial charge is 0.508 e. The Labute approximate surface area is 231 Å². The van der Waals surface area contributed by atoms with E-state index in [1.165, 1.54) is 19.0 Å². The van der Waals surface area contributed by atoms with Gasteiger partial charge in [0.05, 0.1) is 28.3 Å². The number of nitrogens with two attached hydrogens (primary N) is 3. The molecule has 0 heterocycles. The van der Waals surface area contributed by atoms with E-state index in [1.54, 1.807) is 25.1 Å². The van der Waals surface area contributed by atoms with Crippen molar-refractivity contribution < 1.29 is 34.8 Å². The summed E-state index contributed by atoms with van der Waals surface area (Å²) in [5.41, 5.74) is 11.9. The lowest BCUT2D eigenvalue weighted by Gasteiger charge is -2.59. The van der Waals surface area contributed by atoms with E-state index < -0.39 is 69.3 Å². The minimum absolute atomic E-state index is 0.0426. The number of carbonyl (C=O) groups is 3. The van der Waals surface area contributed by atoms with Gasteiger partial charge in [0.15, 0.2) is 11.5 Å². The van der Waals surface area contributed by atoms with Crippen LogP contribution in [0.2, 0.25) is 0 Å². The van der Waals surface area contributed by atoms with Crippen molar-refractivity contribution in [2.24, 2.45) is 17.2 Å². The molecule has 13 heteroatoms. The summed E-state index contributed by atoms with van der Waals surface area (Å²) >= 11 is 0. The second-order valence-corrected chi connectivity index (χ2v) is 11.8. The lowest BCUT2D eigenvalue weighted by molar-refractivity contribution is -0.158. The zero-order valence-corrected chi connectivity index (χ0v) is 23.5. The number of fused-ring (bicyclic) bond motifs is 3. The average Bonchev–Trinajstić information content (AvgIpc) is 2.80. The maximum absolute atomic E-state index is 14.2. The quantitative estimate of drug-likeness (QED) is 0.190. The zero-order valence-electron chi connectivity index (χ0n) is 23.5. The number of phenolic OH excluding ortho intramolecular Hbond substituents is 1. The van der Waals surface area contributed by atoms with E-state index >= 15 is 0 Å². The predicted molar refractivity (Wildman–Crippen MR) is 147 cm³/mol. The molecule has 0 radical (unpaired) electrons. The minimum Gasteiger partial charge on any atom is -0.508 e. The van der Waals surface area contributed by atoms with Crippen molar-refractivity contribution in [2.45, 2.75) is 62.0 Å². The van der Waals surface area contributed by atoms with Crippen molar-refractivity contribution in [1.82, 2.24) is 10.2 Å². The Morgan fingerprint density at radius 3 is 2.25 bits per heavy atom. The van der Waals surface area contributed by atoms with E-state index in [0.29, 0.717) is 16.8 Å². The van der Waals surface area contributed by atoms with Crippen molar-refractivity contribution in [3.8, 4) is 5.75 Å². The third kappa shape index (κ3) is 3.76. The van der Waals surface area contributed by atoms with E-state index in [-0.39, 0.29) is 30.3 Å². The molecule has 3 aliphatic rings. The molecule has 1 saturated carbocycles. The molecule has 13 nitrogen and oxygen atoms in total. The zero-order chi connectivity index (χ0) is 30.3. The summed E-state index contributed by atoms with van der Waals surface area (Å²) in [4.78, 5) is 42.9. The molecule has 40 heavy (non-hydrogen) atoms. The Balaban J connectivity index is 2.06. The van der Waals surface area contributed by atoms with Gasteiger partial charge in [-0.1, -0.05) is 13.8 Å². The number of nitrogens with one attached hydrogen (secondary N) is 1.